The lowest BCUT2D eigenvalue weighted by atomic mass is 9.66. The van der Waals surface area contributed by atoms with E-state index in [2.05, 4.69) is 5.10 Å². The average molecular weight is 536 g/mol. The molecule has 11 heteroatoms. The topological polar surface area (TPSA) is 93.9 Å². The van der Waals surface area contributed by atoms with E-state index in [1.165, 1.54) is 22.8 Å². The summed E-state index contributed by atoms with van der Waals surface area (Å²) in [7, 11) is 1.37. The van der Waals surface area contributed by atoms with E-state index in [-0.39, 0.29) is 37.6 Å². The number of methoxy groups -OCH3 is 1. The van der Waals surface area contributed by atoms with Gasteiger partial charge in [-0.15, -0.1) is 0 Å². The summed E-state index contributed by atoms with van der Waals surface area (Å²) in [6.45, 7) is 5.70. The number of hydrogen-bond donors (Lipinski definition) is 1. The molecule has 0 radical (unpaired) electrons. The van der Waals surface area contributed by atoms with Crippen molar-refractivity contribution in [1.82, 2.24) is 14.7 Å². The van der Waals surface area contributed by atoms with Crippen LogP contribution in [0.3, 0.4) is 0 Å². The molecule has 37 heavy (non-hydrogen) atoms. The van der Waals surface area contributed by atoms with Gasteiger partial charge < -0.3 is 19.5 Å². The van der Waals surface area contributed by atoms with E-state index in [1.54, 1.807) is 24.4 Å². The van der Waals surface area contributed by atoms with Crippen LogP contribution in [0.4, 0.5) is 13.6 Å². The number of rotatable bonds is 6. The predicted octanol–water partition coefficient (Wildman–Crippen LogP) is 5.48. The summed E-state index contributed by atoms with van der Waals surface area (Å²) >= 11 is 6.21. The summed E-state index contributed by atoms with van der Waals surface area (Å²) in [5, 5.41) is 14.2. The van der Waals surface area contributed by atoms with Crippen molar-refractivity contribution in [3.05, 3.63) is 53.7 Å². The molecule has 2 unspecified atom stereocenters. The van der Waals surface area contributed by atoms with Crippen LogP contribution in [0.5, 0.6) is 5.75 Å². The van der Waals surface area contributed by atoms with Gasteiger partial charge in [-0.3, -0.25) is 4.79 Å². The SMILES string of the molecule is COCOc1cc(-n2ncc3cc(C4(C(=O)Cl)CCN(C(=O)O)C(C(C)(C)C)C4)ccc32)cc(F)c1F. The van der Waals surface area contributed by atoms with E-state index in [4.69, 9.17) is 21.1 Å². The summed E-state index contributed by atoms with van der Waals surface area (Å²) in [5.74, 6) is -2.56. The van der Waals surface area contributed by atoms with Crippen LogP contribution >= 0.6 is 11.6 Å². The highest BCUT2D eigenvalue weighted by atomic mass is 35.5. The minimum absolute atomic E-state index is 0.159. The number of halogens is 3. The van der Waals surface area contributed by atoms with E-state index >= 15 is 0 Å². The Bertz CT molecular complexity index is 1360. The molecule has 0 spiro atoms. The van der Waals surface area contributed by atoms with Gasteiger partial charge in [0.05, 0.1) is 22.8 Å². The van der Waals surface area contributed by atoms with E-state index in [0.29, 0.717) is 16.5 Å². The number of aromatic nitrogens is 2. The van der Waals surface area contributed by atoms with Gasteiger partial charge in [0.25, 0.3) is 0 Å². The van der Waals surface area contributed by atoms with Gasteiger partial charge in [0.15, 0.2) is 18.4 Å². The van der Waals surface area contributed by atoms with Crippen LogP contribution in [0.25, 0.3) is 16.6 Å². The Hall–Kier alpha value is -3.24. The first-order valence-electron chi connectivity index (χ1n) is 11.7. The molecule has 3 aromatic rings. The predicted molar refractivity (Wildman–Crippen MR) is 133 cm³/mol. The molecule has 4 rings (SSSR count). The van der Waals surface area contributed by atoms with E-state index in [1.807, 2.05) is 20.8 Å². The van der Waals surface area contributed by atoms with Crippen molar-refractivity contribution in [2.75, 3.05) is 20.4 Å². The summed E-state index contributed by atoms with van der Waals surface area (Å²) in [5.41, 5.74) is -0.0578. The smallest absolute Gasteiger partial charge is 0.407 e. The fourth-order valence-electron chi connectivity index (χ4n) is 5.00. The monoisotopic (exact) mass is 535 g/mol. The Balaban J connectivity index is 1.76. The molecule has 2 aromatic carbocycles. The number of carbonyl (C=O) groups is 2. The molecule has 0 aliphatic carbocycles. The van der Waals surface area contributed by atoms with Crippen LogP contribution < -0.4 is 4.74 Å². The average Bonchev–Trinajstić information content (AvgIpc) is 3.27. The van der Waals surface area contributed by atoms with Crippen LogP contribution in [-0.2, 0) is 14.9 Å². The fourth-order valence-corrected chi connectivity index (χ4v) is 5.28. The number of benzene rings is 2. The molecule has 0 bridgehead atoms. The zero-order chi connectivity index (χ0) is 27.1. The first-order valence-corrected chi connectivity index (χ1v) is 12.1. The highest BCUT2D eigenvalue weighted by molar-refractivity contribution is 6.65. The number of piperidine rings is 1. The Morgan fingerprint density at radius 1 is 1.24 bits per heavy atom. The van der Waals surface area contributed by atoms with Crippen LogP contribution in [0.2, 0.25) is 0 Å². The Morgan fingerprint density at radius 3 is 2.59 bits per heavy atom. The van der Waals surface area contributed by atoms with E-state index in [9.17, 15) is 23.5 Å². The lowest BCUT2D eigenvalue weighted by Crippen LogP contribution is -2.57. The van der Waals surface area contributed by atoms with Gasteiger partial charge in [-0.05, 0) is 47.6 Å². The van der Waals surface area contributed by atoms with Gasteiger partial charge in [0, 0.05) is 37.2 Å². The first-order chi connectivity index (χ1) is 17.4. The minimum Gasteiger partial charge on any atom is -0.465 e. The standard InChI is InChI=1S/C26H28ClF2N3O5/c1-25(2,3)21-12-26(23(27)33,7-8-31(21)24(34)35)16-5-6-19-15(9-16)13-30-32(19)17-10-18(28)22(29)20(11-17)37-14-36-4/h5-6,9-11,13,21H,7-8,12,14H2,1-4H3,(H,34,35). The van der Waals surface area contributed by atoms with E-state index in [0.717, 1.165) is 6.07 Å². The zero-order valence-electron chi connectivity index (χ0n) is 20.9. The minimum atomic E-state index is -1.14. The second-order valence-corrected chi connectivity index (χ2v) is 10.6. The molecule has 1 aliphatic heterocycles. The molecular weight excluding hydrogens is 508 g/mol. The lowest BCUT2D eigenvalue weighted by Gasteiger charge is -2.49. The zero-order valence-corrected chi connectivity index (χ0v) is 21.7. The van der Waals surface area contributed by atoms with Gasteiger partial charge >= 0.3 is 6.09 Å². The van der Waals surface area contributed by atoms with Crippen LogP contribution in [0.15, 0.2) is 36.5 Å². The molecule has 1 saturated heterocycles. The van der Waals surface area contributed by atoms with Crippen LogP contribution in [0.1, 0.15) is 39.2 Å². The fraction of sp³-hybridized carbons (Fsp3) is 0.423. The molecule has 2 heterocycles. The normalized spacial score (nSPS) is 20.3. The summed E-state index contributed by atoms with van der Waals surface area (Å²) in [4.78, 5) is 26.2. The molecule has 1 amide bonds. The third-order valence-corrected chi connectivity index (χ3v) is 7.36. The number of carboxylic acid groups (broad SMARTS) is 1. The molecule has 1 fully saturated rings. The highest BCUT2D eigenvalue weighted by Gasteiger charge is 2.50. The maximum absolute atomic E-state index is 14.3. The maximum atomic E-state index is 14.3. The Kier molecular flexibility index (Phi) is 7.18. The second-order valence-electron chi connectivity index (χ2n) is 10.3. The van der Waals surface area contributed by atoms with Crippen molar-refractivity contribution in [3.8, 4) is 11.4 Å². The van der Waals surface area contributed by atoms with Crippen molar-refractivity contribution in [2.45, 2.75) is 45.1 Å². The number of likely N-dealkylation sites (tertiary alicyclic amines) is 1. The number of ether oxygens (including phenoxy) is 2. The molecule has 198 valence electrons. The molecule has 2 atom stereocenters. The second kappa shape index (κ2) is 9.90. The molecular formula is C26H28ClF2N3O5. The Morgan fingerprint density at radius 2 is 1.97 bits per heavy atom. The van der Waals surface area contributed by atoms with Crippen molar-refractivity contribution >= 4 is 33.8 Å². The molecule has 8 nitrogen and oxygen atoms in total. The first kappa shape index (κ1) is 26.8. The number of hydrogen-bond acceptors (Lipinski definition) is 5. The molecule has 1 aromatic heterocycles. The Labute approximate surface area is 217 Å². The number of fused-ring (bicyclic) bond motifs is 1. The highest BCUT2D eigenvalue weighted by Crippen LogP contribution is 2.45. The van der Waals surface area contributed by atoms with Crippen molar-refractivity contribution in [2.24, 2.45) is 5.41 Å². The summed E-state index contributed by atoms with van der Waals surface area (Å²) in [6, 6.07) is 7.15. The van der Waals surface area contributed by atoms with Crippen molar-refractivity contribution in [3.63, 3.8) is 0 Å². The maximum Gasteiger partial charge on any atom is 0.407 e. The van der Waals surface area contributed by atoms with Crippen molar-refractivity contribution in [1.29, 1.82) is 0 Å². The van der Waals surface area contributed by atoms with Gasteiger partial charge in [-0.1, -0.05) is 26.8 Å². The van der Waals surface area contributed by atoms with Crippen molar-refractivity contribution < 1.29 is 33.0 Å². The largest absolute Gasteiger partial charge is 0.465 e. The number of carbonyl (C=O) groups excluding carboxylic acids is 1. The summed E-state index contributed by atoms with van der Waals surface area (Å²) in [6.07, 6.45) is 0.980. The van der Waals surface area contributed by atoms with Gasteiger partial charge in [0.2, 0.25) is 11.1 Å². The third-order valence-electron chi connectivity index (χ3n) is 7.00. The quantitative estimate of drug-likeness (QED) is 0.332. The van der Waals surface area contributed by atoms with Gasteiger partial charge in [0.1, 0.15) is 0 Å². The summed E-state index contributed by atoms with van der Waals surface area (Å²) < 4.78 is 39.8. The molecule has 0 saturated carbocycles. The van der Waals surface area contributed by atoms with Gasteiger partial charge in [-0.25, -0.2) is 13.9 Å². The number of amides is 1. The molecule has 1 aliphatic rings. The number of nitrogens with zero attached hydrogens (tertiary/aromatic N) is 3. The lowest BCUT2D eigenvalue weighted by molar-refractivity contribution is -0.120. The third kappa shape index (κ3) is 4.87. The van der Waals surface area contributed by atoms with E-state index < -0.39 is 39.8 Å². The van der Waals surface area contributed by atoms with Crippen LogP contribution in [0, 0.1) is 17.0 Å². The van der Waals surface area contributed by atoms with Crippen LogP contribution in [-0.4, -0.2) is 57.6 Å². The van der Waals surface area contributed by atoms with Gasteiger partial charge in [-0.2, -0.15) is 9.49 Å². The molecule has 1 N–H and O–H groups in total.